The second-order valence-corrected chi connectivity index (χ2v) is 10.2. The first kappa shape index (κ1) is 22.8. The van der Waals surface area contributed by atoms with E-state index in [0.29, 0.717) is 22.3 Å². The van der Waals surface area contributed by atoms with Crippen molar-refractivity contribution in [3.05, 3.63) is 93.6 Å². The van der Waals surface area contributed by atoms with Crippen LogP contribution < -0.4 is 10.7 Å². The summed E-state index contributed by atoms with van der Waals surface area (Å²) in [6, 6.07) is 18.8. The van der Waals surface area contributed by atoms with Gasteiger partial charge in [-0.05, 0) is 55.8 Å². The van der Waals surface area contributed by atoms with E-state index < -0.39 is 9.84 Å². The Morgan fingerprint density at radius 3 is 2.39 bits per heavy atom. The Hall–Kier alpha value is -3.42. The van der Waals surface area contributed by atoms with E-state index in [9.17, 15) is 18.3 Å². The van der Waals surface area contributed by atoms with Crippen LogP contribution >= 0.6 is 0 Å². The van der Waals surface area contributed by atoms with E-state index in [0.717, 1.165) is 28.6 Å². The smallest absolute Gasteiger partial charge is 0.193 e. The number of sulfone groups is 1. The molecule has 0 fully saturated rings. The van der Waals surface area contributed by atoms with Crippen molar-refractivity contribution < 1.29 is 17.9 Å². The second-order valence-electron chi connectivity index (χ2n) is 8.18. The Kier molecular flexibility index (Phi) is 6.10. The van der Waals surface area contributed by atoms with Crippen LogP contribution in [-0.2, 0) is 16.4 Å². The van der Waals surface area contributed by atoms with Crippen LogP contribution in [0.15, 0.2) is 80.8 Å². The predicted molar refractivity (Wildman–Crippen MR) is 130 cm³/mol. The van der Waals surface area contributed by atoms with Gasteiger partial charge < -0.3 is 14.8 Å². The van der Waals surface area contributed by atoms with Gasteiger partial charge in [0.05, 0.1) is 22.9 Å². The standard InChI is InChI=1S/C26H25NO5S/c1-16-12-21(17(2)27-23-7-5-4-6-19(23)15-28)26-22(13-16)24(29)14-25(32-26)18-8-10-20(11-9-18)33(3,30)31/h4-14,17,27-28H,15H2,1-3H3/t17-/m1/s1. The minimum absolute atomic E-state index is 0.0901. The Labute approximate surface area is 192 Å². The maximum Gasteiger partial charge on any atom is 0.193 e. The zero-order valence-corrected chi connectivity index (χ0v) is 19.4. The number of fused-ring (bicyclic) bond motifs is 1. The fourth-order valence-electron chi connectivity index (χ4n) is 3.87. The number of nitrogens with one attached hydrogen (secondary N) is 1. The minimum Gasteiger partial charge on any atom is -0.455 e. The van der Waals surface area contributed by atoms with Crippen molar-refractivity contribution >= 4 is 26.5 Å². The second kappa shape index (κ2) is 8.84. The lowest BCUT2D eigenvalue weighted by molar-refractivity contribution is 0.282. The molecule has 3 aromatic carbocycles. The summed E-state index contributed by atoms with van der Waals surface area (Å²) < 4.78 is 29.7. The Balaban J connectivity index is 1.82. The maximum absolute atomic E-state index is 13.0. The van der Waals surface area contributed by atoms with E-state index in [1.807, 2.05) is 44.2 Å². The number of aliphatic hydroxyl groups excluding tert-OH is 1. The molecule has 0 saturated carbocycles. The molecule has 4 rings (SSSR count). The molecule has 1 aromatic heterocycles. The van der Waals surface area contributed by atoms with Gasteiger partial charge in [-0.1, -0.05) is 24.3 Å². The number of para-hydroxylation sites is 1. The van der Waals surface area contributed by atoms with Crippen molar-refractivity contribution in [3.8, 4) is 11.3 Å². The molecule has 1 atom stereocenters. The summed E-state index contributed by atoms with van der Waals surface area (Å²) in [6.07, 6.45) is 1.15. The molecule has 0 unspecified atom stereocenters. The van der Waals surface area contributed by atoms with Crippen molar-refractivity contribution in [1.82, 2.24) is 0 Å². The third kappa shape index (κ3) is 4.69. The highest BCUT2D eigenvalue weighted by Crippen LogP contribution is 2.31. The normalized spacial score (nSPS) is 12.6. The van der Waals surface area contributed by atoms with Gasteiger partial charge in [-0.25, -0.2) is 8.42 Å². The van der Waals surface area contributed by atoms with Gasteiger partial charge in [0.1, 0.15) is 11.3 Å². The van der Waals surface area contributed by atoms with E-state index in [4.69, 9.17) is 4.42 Å². The van der Waals surface area contributed by atoms with Gasteiger partial charge in [0.2, 0.25) is 0 Å². The number of hydrogen-bond donors (Lipinski definition) is 2. The molecule has 0 aliphatic carbocycles. The summed E-state index contributed by atoms with van der Waals surface area (Å²) in [7, 11) is -3.32. The molecule has 0 aliphatic heterocycles. The molecule has 0 saturated heterocycles. The van der Waals surface area contributed by atoms with Crippen LogP contribution in [0.5, 0.6) is 0 Å². The van der Waals surface area contributed by atoms with Gasteiger partial charge in [0, 0.05) is 34.7 Å². The van der Waals surface area contributed by atoms with Gasteiger partial charge in [0.15, 0.2) is 15.3 Å². The van der Waals surface area contributed by atoms with Crippen molar-refractivity contribution in [2.24, 2.45) is 0 Å². The molecule has 0 spiro atoms. The minimum atomic E-state index is -3.32. The number of benzene rings is 3. The van der Waals surface area contributed by atoms with Crippen LogP contribution in [0.25, 0.3) is 22.3 Å². The lowest BCUT2D eigenvalue weighted by Gasteiger charge is -2.20. The molecular formula is C26H25NO5S. The fourth-order valence-corrected chi connectivity index (χ4v) is 4.51. The van der Waals surface area contributed by atoms with E-state index in [1.54, 1.807) is 18.2 Å². The fraction of sp³-hybridized carbons (Fsp3) is 0.192. The first-order valence-electron chi connectivity index (χ1n) is 10.5. The summed E-state index contributed by atoms with van der Waals surface area (Å²) in [4.78, 5) is 13.2. The largest absolute Gasteiger partial charge is 0.455 e. The van der Waals surface area contributed by atoms with Crippen LogP contribution in [0.4, 0.5) is 5.69 Å². The van der Waals surface area contributed by atoms with Crippen LogP contribution in [0.2, 0.25) is 0 Å². The van der Waals surface area contributed by atoms with Crippen molar-refractivity contribution in [2.75, 3.05) is 11.6 Å². The summed E-state index contributed by atoms with van der Waals surface area (Å²) in [5.74, 6) is 0.362. The number of aliphatic hydroxyl groups is 1. The Morgan fingerprint density at radius 1 is 1.03 bits per heavy atom. The molecule has 4 aromatic rings. The number of anilines is 1. The van der Waals surface area contributed by atoms with Gasteiger partial charge in [-0.2, -0.15) is 0 Å². The average Bonchev–Trinajstić information content (AvgIpc) is 2.79. The first-order valence-corrected chi connectivity index (χ1v) is 12.4. The van der Waals surface area contributed by atoms with Crippen molar-refractivity contribution in [3.63, 3.8) is 0 Å². The first-order chi connectivity index (χ1) is 15.7. The summed E-state index contributed by atoms with van der Waals surface area (Å²) in [5.41, 5.74) is 4.22. The van der Waals surface area contributed by atoms with Gasteiger partial charge >= 0.3 is 0 Å². The van der Waals surface area contributed by atoms with Crippen LogP contribution in [-0.4, -0.2) is 19.8 Å². The molecule has 0 amide bonds. The SMILES string of the molecule is Cc1cc([C@@H](C)Nc2ccccc2CO)c2oc(-c3ccc(S(C)(=O)=O)cc3)cc(=O)c2c1. The lowest BCUT2D eigenvalue weighted by atomic mass is 10.00. The van der Waals surface area contributed by atoms with E-state index in [-0.39, 0.29) is 23.0 Å². The maximum atomic E-state index is 13.0. The molecule has 170 valence electrons. The monoisotopic (exact) mass is 463 g/mol. The van der Waals surface area contributed by atoms with E-state index in [1.165, 1.54) is 18.2 Å². The zero-order chi connectivity index (χ0) is 23.8. The summed E-state index contributed by atoms with van der Waals surface area (Å²) in [5, 5.41) is 13.5. The highest BCUT2D eigenvalue weighted by molar-refractivity contribution is 7.90. The molecule has 1 heterocycles. The van der Waals surface area contributed by atoms with Crippen LogP contribution in [0.1, 0.15) is 29.7 Å². The van der Waals surface area contributed by atoms with E-state index >= 15 is 0 Å². The van der Waals surface area contributed by atoms with Crippen LogP contribution in [0.3, 0.4) is 0 Å². The predicted octanol–water partition coefficient (Wildman–Crippen LogP) is 4.84. The lowest BCUT2D eigenvalue weighted by Crippen LogP contribution is -2.11. The van der Waals surface area contributed by atoms with Gasteiger partial charge in [0.25, 0.3) is 0 Å². The highest BCUT2D eigenvalue weighted by atomic mass is 32.2. The quantitative estimate of drug-likeness (QED) is 0.425. The summed E-state index contributed by atoms with van der Waals surface area (Å²) in [6.45, 7) is 3.80. The van der Waals surface area contributed by atoms with Crippen molar-refractivity contribution in [1.29, 1.82) is 0 Å². The third-order valence-electron chi connectivity index (χ3n) is 5.59. The molecule has 0 aliphatic rings. The molecule has 6 nitrogen and oxygen atoms in total. The molecule has 7 heteroatoms. The molecule has 2 N–H and O–H groups in total. The Bertz CT molecular complexity index is 1490. The number of aryl methyl sites for hydroxylation is 1. The van der Waals surface area contributed by atoms with Gasteiger partial charge in [-0.3, -0.25) is 4.79 Å². The molecule has 0 radical (unpaired) electrons. The van der Waals surface area contributed by atoms with Gasteiger partial charge in [-0.15, -0.1) is 0 Å². The third-order valence-corrected chi connectivity index (χ3v) is 6.72. The molecule has 33 heavy (non-hydrogen) atoms. The number of hydrogen-bond acceptors (Lipinski definition) is 6. The molecule has 0 bridgehead atoms. The highest BCUT2D eigenvalue weighted by Gasteiger charge is 2.17. The van der Waals surface area contributed by atoms with Crippen LogP contribution in [0, 0.1) is 6.92 Å². The molecular weight excluding hydrogens is 438 g/mol. The van der Waals surface area contributed by atoms with E-state index in [2.05, 4.69) is 5.32 Å². The Morgan fingerprint density at radius 2 is 1.73 bits per heavy atom. The average molecular weight is 464 g/mol. The van der Waals surface area contributed by atoms with Crippen molar-refractivity contribution in [2.45, 2.75) is 31.4 Å². The summed E-state index contributed by atoms with van der Waals surface area (Å²) >= 11 is 0. The topological polar surface area (TPSA) is 96.6 Å². The zero-order valence-electron chi connectivity index (χ0n) is 18.6. The number of rotatable bonds is 6.